The molecular formula is C21H24BrNO6. The maximum atomic E-state index is 12.9. The molecule has 4 saturated carbocycles. The van der Waals surface area contributed by atoms with Crippen LogP contribution in [-0.2, 0) is 14.3 Å². The van der Waals surface area contributed by atoms with Crippen LogP contribution < -0.4 is 14.8 Å². The fraction of sp³-hybridized carbons (Fsp3) is 0.619. The van der Waals surface area contributed by atoms with Gasteiger partial charge in [-0.3, -0.25) is 9.59 Å². The molecule has 8 heteroatoms. The molecule has 0 radical (unpaired) electrons. The number of aliphatic hydroxyl groups is 1. The lowest BCUT2D eigenvalue weighted by Gasteiger charge is -2.58. The van der Waals surface area contributed by atoms with Gasteiger partial charge in [-0.2, -0.15) is 0 Å². The minimum absolute atomic E-state index is 0.346. The van der Waals surface area contributed by atoms with Crippen molar-refractivity contribution in [3.05, 3.63) is 16.6 Å². The number of carbonyl (C=O) groups is 2. The molecule has 1 amide bonds. The zero-order valence-corrected chi connectivity index (χ0v) is 17.6. The number of fused-ring (bicyclic) bond motifs is 1. The second-order valence-corrected chi connectivity index (χ2v) is 9.92. The predicted molar refractivity (Wildman–Crippen MR) is 107 cm³/mol. The normalized spacial score (nSPS) is 34.0. The summed E-state index contributed by atoms with van der Waals surface area (Å²) in [7, 11) is 0. The first-order valence-corrected chi connectivity index (χ1v) is 10.9. The van der Waals surface area contributed by atoms with Crippen LogP contribution in [0.3, 0.4) is 0 Å². The molecule has 2 N–H and O–H groups in total. The molecule has 7 nitrogen and oxygen atoms in total. The number of nitrogens with one attached hydrogen (secondary N) is 1. The van der Waals surface area contributed by atoms with Gasteiger partial charge in [0.15, 0.2) is 18.1 Å². The number of rotatable bonds is 4. The van der Waals surface area contributed by atoms with E-state index in [-0.39, 0.29) is 12.6 Å². The van der Waals surface area contributed by atoms with E-state index < -0.39 is 16.9 Å². The monoisotopic (exact) mass is 465 g/mol. The lowest BCUT2D eigenvalue weighted by atomic mass is 9.48. The Kier molecular flexibility index (Phi) is 4.55. The molecule has 0 saturated heterocycles. The molecule has 2 unspecified atom stereocenters. The van der Waals surface area contributed by atoms with Gasteiger partial charge in [0.05, 0.1) is 16.7 Å². The molecular weight excluding hydrogens is 442 g/mol. The van der Waals surface area contributed by atoms with E-state index >= 15 is 0 Å². The molecule has 4 fully saturated rings. The van der Waals surface area contributed by atoms with Crippen LogP contribution in [0.4, 0.5) is 5.69 Å². The van der Waals surface area contributed by atoms with Crippen molar-refractivity contribution in [2.24, 2.45) is 17.3 Å². The van der Waals surface area contributed by atoms with Crippen molar-refractivity contribution in [1.82, 2.24) is 0 Å². The van der Waals surface area contributed by atoms with Crippen LogP contribution in [0.2, 0.25) is 0 Å². The first kappa shape index (κ1) is 19.2. The SMILES string of the molecule is O=C(COC(=O)C12CC3CC(CC(O)(C3)C1)C2)Nc1cc2c(cc1Br)OCCO2. The number of hydrogen-bond acceptors (Lipinski definition) is 6. The Hall–Kier alpha value is -1.80. The molecule has 1 aliphatic heterocycles. The summed E-state index contributed by atoms with van der Waals surface area (Å²) >= 11 is 3.41. The Bertz CT molecular complexity index is 857. The van der Waals surface area contributed by atoms with E-state index in [1.54, 1.807) is 12.1 Å². The third-order valence-corrected chi connectivity index (χ3v) is 7.36. The van der Waals surface area contributed by atoms with Crippen molar-refractivity contribution in [2.45, 2.75) is 44.1 Å². The van der Waals surface area contributed by atoms with Gasteiger partial charge >= 0.3 is 5.97 Å². The van der Waals surface area contributed by atoms with E-state index in [4.69, 9.17) is 14.2 Å². The molecule has 1 heterocycles. The van der Waals surface area contributed by atoms with Gasteiger partial charge in [-0.1, -0.05) is 0 Å². The molecule has 29 heavy (non-hydrogen) atoms. The highest BCUT2D eigenvalue weighted by Gasteiger charge is 2.60. The minimum Gasteiger partial charge on any atom is -0.486 e. The summed E-state index contributed by atoms with van der Waals surface area (Å²) in [6.07, 6.45) is 4.66. The fourth-order valence-electron chi connectivity index (χ4n) is 6.08. The molecule has 4 aliphatic carbocycles. The van der Waals surface area contributed by atoms with Gasteiger partial charge in [-0.15, -0.1) is 0 Å². The zero-order chi connectivity index (χ0) is 20.2. The smallest absolute Gasteiger partial charge is 0.312 e. The molecule has 6 rings (SSSR count). The topological polar surface area (TPSA) is 94.1 Å². The summed E-state index contributed by atoms with van der Waals surface area (Å²) in [5.41, 5.74) is -0.836. The van der Waals surface area contributed by atoms with Gasteiger partial charge in [0.2, 0.25) is 0 Å². The summed E-state index contributed by atoms with van der Waals surface area (Å²) in [5.74, 6) is 1.19. The van der Waals surface area contributed by atoms with Crippen molar-refractivity contribution in [1.29, 1.82) is 0 Å². The standard InChI is InChI=1S/C21H24BrNO6/c22-14-4-16-17(28-2-1-27-16)5-15(14)23-18(24)10-29-19(25)20-6-12-3-13(7-20)9-21(26,8-12)11-20/h4-5,12-13,26H,1-3,6-11H2,(H,23,24). The third-order valence-electron chi connectivity index (χ3n) is 6.70. The largest absolute Gasteiger partial charge is 0.486 e. The first-order chi connectivity index (χ1) is 13.8. The maximum Gasteiger partial charge on any atom is 0.312 e. The Morgan fingerprint density at radius 3 is 2.45 bits per heavy atom. The van der Waals surface area contributed by atoms with Crippen LogP contribution in [0.15, 0.2) is 16.6 Å². The fourth-order valence-corrected chi connectivity index (χ4v) is 6.50. The average molecular weight is 466 g/mol. The Labute approximate surface area is 177 Å². The second-order valence-electron chi connectivity index (χ2n) is 9.07. The van der Waals surface area contributed by atoms with Crippen molar-refractivity contribution in [2.75, 3.05) is 25.1 Å². The summed E-state index contributed by atoms with van der Waals surface area (Å²) < 4.78 is 17.1. The predicted octanol–water partition coefficient (Wildman–Crippen LogP) is 3.03. The maximum absolute atomic E-state index is 12.9. The van der Waals surface area contributed by atoms with Crippen LogP contribution in [0.5, 0.6) is 11.5 Å². The number of anilines is 1. The number of halogens is 1. The second kappa shape index (κ2) is 6.87. The zero-order valence-electron chi connectivity index (χ0n) is 16.0. The van der Waals surface area contributed by atoms with E-state index in [0.29, 0.717) is 53.1 Å². The van der Waals surface area contributed by atoms with E-state index in [0.717, 1.165) is 32.1 Å². The van der Waals surface area contributed by atoms with Crippen molar-refractivity contribution in [3.8, 4) is 11.5 Å². The van der Waals surface area contributed by atoms with Gasteiger partial charge in [0.25, 0.3) is 5.91 Å². The van der Waals surface area contributed by atoms with Crippen molar-refractivity contribution in [3.63, 3.8) is 0 Å². The van der Waals surface area contributed by atoms with Crippen molar-refractivity contribution >= 4 is 33.5 Å². The Morgan fingerprint density at radius 1 is 1.14 bits per heavy atom. The van der Waals surface area contributed by atoms with Crippen LogP contribution in [0.1, 0.15) is 38.5 Å². The van der Waals surface area contributed by atoms with Gasteiger partial charge in [-0.25, -0.2) is 0 Å². The number of esters is 1. The summed E-state index contributed by atoms with van der Waals surface area (Å²) in [6.45, 7) is 0.588. The summed E-state index contributed by atoms with van der Waals surface area (Å²) in [6, 6.07) is 3.43. The number of ether oxygens (including phenoxy) is 3. The summed E-state index contributed by atoms with van der Waals surface area (Å²) in [4.78, 5) is 25.3. The van der Waals surface area contributed by atoms with Gasteiger partial charge in [0.1, 0.15) is 13.2 Å². The van der Waals surface area contributed by atoms with Gasteiger partial charge < -0.3 is 24.6 Å². The van der Waals surface area contributed by atoms with Crippen molar-refractivity contribution < 1.29 is 28.9 Å². The van der Waals surface area contributed by atoms with Crippen LogP contribution >= 0.6 is 15.9 Å². The molecule has 1 aromatic carbocycles. The molecule has 4 bridgehead atoms. The highest BCUT2D eigenvalue weighted by atomic mass is 79.9. The number of carbonyl (C=O) groups excluding carboxylic acids is 2. The number of benzene rings is 1. The van der Waals surface area contributed by atoms with E-state index in [1.807, 2.05) is 0 Å². The number of hydrogen-bond donors (Lipinski definition) is 2. The van der Waals surface area contributed by atoms with Gasteiger partial charge in [0, 0.05) is 16.6 Å². The quantitative estimate of drug-likeness (QED) is 0.663. The van der Waals surface area contributed by atoms with E-state index in [2.05, 4.69) is 21.2 Å². The molecule has 2 atom stereocenters. The third kappa shape index (κ3) is 3.50. The Balaban J connectivity index is 1.22. The van der Waals surface area contributed by atoms with E-state index in [9.17, 15) is 14.7 Å². The Morgan fingerprint density at radius 2 is 1.79 bits per heavy atom. The highest BCUT2D eigenvalue weighted by molar-refractivity contribution is 9.10. The van der Waals surface area contributed by atoms with E-state index in [1.165, 1.54) is 0 Å². The lowest BCUT2D eigenvalue weighted by Crippen LogP contribution is -2.58. The molecule has 156 valence electrons. The van der Waals surface area contributed by atoms with Crippen LogP contribution in [0.25, 0.3) is 0 Å². The first-order valence-electron chi connectivity index (χ1n) is 10.1. The number of amides is 1. The lowest BCUT2D eigenvalue weighted by molar-refractivity contribution is -0.196. The van der Waals surface area contributed by atoms with Gasteiger partial charge in [-0.05, 0) is 66.3 Å². The molecule has 5 aliphatic rings. The highest BCUT2D eigenvalue weighted by Crippen LogP contribution is 2.62. The average Bonchev–Trinajstić information content (AvgIpc) is 2.64. The van der Waals surface area contributed by atoms with Crippen LogP contribution in [-0.4, -0.2) is 42.4 Å². The molecule has 1 aromatic rings. The summed E-state index contributed by atoms with van der Waals surface area (Å²) in [5, 5.41) is 13.6. The minimum atomic E-state index is -0.735. The molecule has 0 spiro atoms. The molecule has 0 aromatic heterocycles. The van der Waals surface area contributed by atoms with Crippen LogP contribution in [0, 0.1) is 17.3 Å².